The van der Waals surface area contributed by atoms with Crippen LogP contribution in [0.3, 0.4) is 0 Å². The highest BCUT2D eigenvalue weighted by molar-refractivity contribution is 6.14. The van der Waals surface area contributed by atoms with E-state index >= 15 is 0 Å². The van der Waals surface area contributed by atoms with Gasteiger partial charge in [-0.3, -0.25) is 19.2 Å². The molecule has 0 aromatic carbocycles. The van der Waals surface area contributed by atoms with Gasteiger partial charge in [0.1, 0.15) is 12.7 Å². The fourth-order valence-electron chi connectivity index (χ4n) is 10.4. The molecule has 0 saturated heterocycles. The average molecular weight is 974 g/mol. The molecule has 1 rings (SSSR count). The molecule has 1 aliphatic carbocycles. The zero-order chi connectivity index (χ0) is 50.0. The summed E-state index contributed by atoms with van der Waals surface area (Å²) in [6.07, 6.45) is 57.6. The van der Waals surface area contributed by atoms with E-state index in [1.807, 2.05) is 0 Å². The molecule has 0 aliphatic heterocycles. The summed E-state index contributed by atoms with van der Waals surface area (Å²) in [5, 5.41) is 0. The van der Waals surface area contributed by atoms with Gasteiger partial charge in [-0.1, -0.05) is 297 Å². The summed E-state index contributed by atoms with van der Waals surface area (Å²) in [6, 6.07) is 0. The van der Waals surface area contributed by atoms with Crippen LogP contribution in [-0.2, 0) is 33.4 Å². The molecule has 0 spiro atoms. The monoisotopic (exact) mass is 973 g/mol. The highest BCUT2D eigenvalue weighted by Crippen LogP contribution is 2.33. The van der Waals surface area contributed by atoms with Crippen LogP contribution in [0.1, 0.15) is 348 Å². The van der Waals surface area contributed by atoms with Crippen LogP contribution in [0.25, 0.3) is 0 Å². The summed E-state index contributed by atoms with van der Waals surface area (Å²) in [5.41, 5.74) is -2.05. The predicted molar refractivity (Wildman–Crippen MR) is 292 cm³/mol. The van der Waals surface area contributed by atoms with Gasteiger partial charge in [-0.05, 0) is 25.7 Å². The van der Waals surface area contributed by atoms with Crippen molar-refractivity contribution in [1.29, 1.82) is 0 Å². The number of ether oxygens (including phenoxy) is 3. The lowest BCUT2D eigenvalue weighted by atomic mass is 9.78. The number of ketones is 2. The number of carbonyl (C=O) groups excluding carboxylic acids is 4. The second-order valence-corrected chi connectivity index (χ2v) is 21.7. The Morgan fingerprint density at radius 1 is 0.377 bits per heavy atom. The minimum absolute atomic E-state index is 0.143. The summed E-state index contributed by atoms with van der Waals surface area (Å²) in [4.78, 5) is 54.3. The van der Waals surface area contributed by atoms with Gasteiger partial charge < -0.3 is 14.2 Å². The Hall–Kier alpha value is -1.76. The Balaban J connectivity index is 2.58. The van der Waals surface area contributed by atoms with Crippen LogP contribution in [0.2, 0.25) is 0 Å². The number of hydrogen-bond donors (Lipinski definition) is 0. The van der Waals surface area contributed by atoms with Gasteiger partial charge >= 0.3 is 11.9 Å². The van der Waals surface area contributed by atoms with E-state index in [1.54, 1.807) is 0 Å². The lowest BCUT2D eigenvalue weighted by molar-refractivity contribution is -0.198. The smallest absolute Gasteiger partial charge is 0.307 e. The Labute approximate surface area is 428 Å². The molecule has 1 unspecified atom stereocenters. The van der Waals surface area contributed by atoms with Crippen molar-refractivity contribution in [2.75, 3.05) is 13.2 Å². The van der Waals surface area contributed by atoms with E-state index in [-0.39, 0.29) is 38.3 Å². The van der Waals surface area contributed by atoms with Crippen LogP contribution in [-0.4, -0.2) is 48.4 Å². The normalized spacial score (nSPS) is 14.1. The van der Waals surface area contributed by atoms with Gasteiger partial charge in [0, 0.05) is 32.3 Å². The average Bonchev–Trinajstić information content (AvgIpc) is 3.34. The molecule has 1 aliphatic rings. The molecule has 0 amide bonds. The third-order valence-corrected chi connectivity index (χ3v) is 15.0. The molecular formula is C62H116O7. The van der Waals surface area contributed by atoms with Crippen LogP contribution < -0.4 is 0 Å². The number of unbranched alkanes of at least 4 members (excludes halogenated alkanes) is 43. The number of carbonyl (C=O) groups is 4. The Morgan fingerprint density at radius 2 is 0.638 bits per heavy atom. The first-order chi connectivity index (χ1) is 33.9. The fraction of sp³-hybridized carbons (Fsp3) is 0.935. The summed E-state index contributed by atoms with van der Waals surface area (Å²) in [6.45, 7) is 6.87. The quantitative estimate of drug-likeness (QED) is 0.0340. The summed E-state index contributed by atoms with van der Waals surface area (Å²) in [7, 11) is 0. The maximum atomic E-state index is 13.9. The molecule has 7 nitrogen and oxygen atoms in total. The maximum Gasteiger partial charge on any atom is 0.307 e. The molecule has 0 bridgehead atoms. The Bertz CT molecular complexity index is 1150. The minimum Gasteiger partial charge on any atom is -0.463 e. The maximum absolute atomic E-state index is 13.9. The summed E-state index contributed by atoms with van der Waals surface area (Å²) in [5.74, 6) is -1.72. The van der Waals surface area contributed by atoms with Gasteiger partial charge in [-0.2, -0.15) is 0 Å². The first-order valence-corrected chi connectivity index (χ1v) is 31.0. The van der Waals surface area contributed by atoms with Crippen molar-refractivity contribution < 1.29 is 33.4 Å². The van der Waals surface area contributed by atoms with E-state index < -0.39 is 29.2 Å². The fourth-order valence-corrected chi connectivity index (χ4v) is 10.4. The molecule has 7 heteroatoms. The summed E-state index contributed by atoms with van der Waals surface area (Å²) >= 11 is 0. The van der Waals surface area contributed by atoms with Crippen molar-refractivity contribution in [2.24, 2.45) is 0 Å². The first kappa shape index (κ1) is 65.3. The van der Waals surface area contributed by atoms with E-state index in [0.717, 1.165) is 57.8 Å². The van der Waals surface area contributed by atoms with Gasteiger partial charge in [-0.15, -0.1) is 0 Å². The highest BCUT2D eigenvalue weighted by Gasteiger charge is 2.57. The molecule has 0 aromatic heterocycles. The van der Waals surface area contributed by atoms with E-state index in [4.69, 9.17) is 14.2 Å². The second kappa shape index (κ2) is 49.8. The highest BCUT2D eigenvalue weighted by atomic mass is 16.6. The molecule has 406 valence electrons. The van der Waals surface area contributed by atoms with Crippen molar-refractivity contribution in [3.05, 3.63) is 0 Å². The molecule has 0 N–H and O–H groups in total. The van der Waals surface area contributed by atoms with Crippen LogP contribution in [0.15, 0.2) is 0 Å². The number of rotatable bonds is 54. The van der Waals surface area contributed by atoms with Gasteiger partial charge in [0.05, 0.1) is 0 Å². The van der Waals surface area contributed by atoms with Crippen molar-refractivity contribution in [1.82, 2.24) is 0 Å². The zero-order valence-corrected chi connectivity index (χ0v) is 46.4. The SMILES string of the molecule is CCCCCCCCCCCCCCCCCCOC(COC(=O)CCCCCCCCCCCCCCCCC)C1(OC(=O)CCCCCCCCCCCCCCCCC)C(=O)CCCC1=O. The largest absolute Gasteiger partial charge is 0.463 e. The minimum atomic E-state index is -2.05. The third-order valence-electron chi connectivity index (χ3n) is 15.0. The van der Waals surface area contributed by atoms with E-state index in [2.05, 4.69) is 20.8 Å². The number of Topliss-reactive ketones (excluding diaryl/α,β-unsaturated/α-hetero) is 2. The van der Waals surface area contributed by atoms with E-state index in [1.165, 1.54) is 231 Å². The predicted octanol–water partition coefficient (Wildman–Crippen LogP) is 19.3. The molecule has 0 aromatic rings. The van der Waals surface area contributed by atoms with Crippen molar-refractivity contribution in [3.8, 4) is 0 Å². The van der Waals surface area contributed by atoms with Gasteiger partial charge in [0.15, 0.2) is 11.6 Å². The lowest BCUT2D eigenvalue weighted by Crippen LogP contribution is -2.62. The first-order valence-electron chi connectivity index (χ1n) is 31.0. The number of esters is 2. The van der Waals surface area contributed by atoms with E-state index in [9.17, 15) is 19.2 Å². The molecule has 1 fully saturated rings. The Morgan fingerprint density at radius 3 is 0.942 bits per heavy atom. The Kier molecular flexibility index (Phi) is 47.1. The molecule has 0 heterocycles. The van der Waals surface area contributed by atoms with Gasteiger partial charge in [0.25, 0.3) is 5.60 Å². The van der Waals surface area contributed by atoms with Crippen molar-refractivity contribution in [2.45, 2.75) is 360 Å². The van der Waals surface area contributed by atoms with Crippen LogP contribution in [0, 0.1) is 0 Å². The topological polar surface area (TPSA) is 96.0 Å². The lowest BCUT2D eigenvalue weighted by Gasteiger charge is -2.39. The second-order valence-electron chi connectivity index (χ2n) is 21.7. The third kappa shape index (κ3) is 37.6. The van der Waals surface area contributed by atoms with Crippen LogP contribution in [0.4, 0.5) is 0 Å². The van der Waals surface area contributed by atoms with Crippen molar-refractivity contribution >= 4 is 23.5 Å². The van der Waals surface area contributed by atoms with Crippen LogP contribution >= 0.6 is 0 Å². The van der Waals surface area contributed by atoms with Gasteiger partial charge in [-0.25, -0.2) is 0 Å². The molecule has 1 atom stereocenters. The molecule has 1 saturated carbocycles. The molecule has 0 radical (unpaired) electrons. The zero-order valence-electron chi connectivity index (χ0n) is 46.4. The van der Waals surface area contributed by atoms with Gasteiger partial charge in [0.2, 0.25) is 0 Å². The van der Waals surface area contributed by atoms with Crippen molar-refractivity contribution in [3.63, 3.8) is 0 Å². The van der Waals surface area contributed by atoms with E-state index in [0.29, 0.717) is 19.4 Å². The van der Waals surface area contributed by atoms with Crippen LogP contribution in [0.5, 0.6) is 0 Å². The number of hydrogen-bond acceptors (Lipinski definition) is 7. The molecule has 69 heavy (non-hydrogen) atoms. The summed E-state index contributed by atoms with van der Waals surface area (Å²) < 4.78 is 18.2. The standard InChI is InChI=1S/C62H116O7/c1-4-7-10-13-16-19-22-25-28-31-34-37-40-43-46-49-55-67-59(56-68-60(65)53-47-44-41-38-35-32-29-26-23-20-17-14-11-8-5-2)62(57(63)51-50-52-58(62)64)69-61(66)54-48-45-42-39-36-33-30-27-24-21-18-15-12-9-6-3/h59H,4-56H2,1-3H3. The molecular weight excluding hydrogens is 857 g/mol.